The van der Waals surface area contributed by atoms with Gasteiger partial charge in [-0.05, 0) is 17.9 Å². The number of amides is 2. The number of hydrogen-bond donors (Lipinski definition) is 3. The van der Waals surface area contributed by atoms with Gasteiger partial charge in [0.2, 0.25) is 0 Å². The van der Waals surface area contributed by atoms with Gasteiger partial charge in [-0.25, -0.2) is 14.6 Å². The third-order valence-corrected chi connectivity index (χ3v) is 3.68. The van der Waals surface area contributed by atoms with Crippen molar-refractivity contribution in [1.29, 1.82) is 0 Å². The Morgan fingerprint density at radius 3 is 2.81 bits per heavy atom. The van der Waals surface area contributed by atoms with Crippen LogP contribution in [0.3, 0.4) is 0 Å². The lowest BCUT2D eigenvalue weighted by Crippen LogP contribution is -2.38. The molecule has 2 aromatic heterocycles. The molecular formula is C13H16N4O3S. The van der Waals surface area contributed by atoms with E-state index in [1.54, 1.807) is 15.9 Å². The third-order valence-electron chi connectivity index (χ3n) is 2.74. The van der Waals surface area contributed by atoms with Gasteiger partial charge in [-0.1, -0.05) is 6.07 Å². The monoisotopic (exact) mass is 308 g/mol. The first kappa shape index (κ1) is 15.0. The maximum absolute atomic E-state index is 11.5. The molecular weight excluding hydrogens is 292 g/mol. The highest BCUT2D eigenvalue weighted by molar-refractivity contribution is 7.09. The molecule has 0 atom stereocenters. The van der Waals surface area contributed by atoms with Crippen molar-refractivity contribution < 1.29 is 14.7 Å². The number of carboxylic acid groups (broad SMARTS) is 1. The number of carboxylic acids is 1. The number of urea groups is 1. The lowest BCUT2D eigenvalue weighted by atomic mass is 10.3. The van der Waals surface area contributed by atoms with Gasteiger partial charge in [0.15, 0.2) is 5.69 Å². The second kappa shape index (κ2) is 7.44. The van der Waals surface area contributed by atoms with Crippen molar-refractivity contribution in [2.24, 2.45) is 0 Å². The molecule has 0 saturated carbocycles. The minimum atomic E-state index is -1.06. The lowest BCUT2D eigenvalue weighted by molar-refractivity contribution is 0.0691. The van der Waals surface area contributed by atoms with E-state index in [2.05, 4.69) is 15.6 Å². The maximum atomic E-state index is 11.5. The van der Waals surface area contributed by atoms with E-state index < -0.39 is 5.97 Å². The summed E-state index contributed by atoms with van der Waals surface area (Å²) in [4.78, 5) is 27.2. The largest absolute Gasteiger partial charge is 0.476 e. The number of hydrogen-bond acceptors (Lipinski definition) is 4. The molecule has 2 heterocycles. The Balaban J connectivity index is 1.61. The van der Waals surface area contributed by atoms with Crippen LogP contribution in [-0.4, -0.2) is 39.7 Å². The molecule has 3 N–H and O–H groups in total. The number of aromatic carboxylic acids is 1. The predicted octanol–water partition coefficient (Wildman–Crippen LogP) is 1.18. The number of nitrogens with one attached hydrogen (secondary N) is 2. The molecule has 0 aliphatic carbocycles. The molecule has 0 saturated heterocycles. The van der Waals surface area contributed by atoms with Gasteiger partial charge in [-0.2, -0.15) is 0 Å². The summed E-state index contributed by atoms with van der Waals surface area (Å²) in [5.74, 6) is -1.06. The van der Waals surface area contributed by atoms with E-state index in [1.165, 1.54) is 17.4 Å². The first-order chi connectivity index (χ1) is 10.1. The number of nitrogens with zero attached hydrogens (tertiary/aromatic N) is 2. The Labute approximate surface area is 125 Å². The van der Waals surface area contributed by atoms with E-state index in [1.807, 2.05) is 17.5 Å². The Morgan fingerprint density at radius 2 is 2.14 bits per heavy atom. The number of carbonyl (C=O) groups is 2. The molecule has 21 heavy (non-hydrogen) atoms. The summed E-state index contributed by atoms with van der Waals surface area (Å²) < 4.78 is 1.62. The van der Waals surface area contributed by atoms with Crippen molar-refractivity contribution in [2.75, 3.05) is 13.1 Å². The molecule has 7 nitrogen and oxygen atoms in total. The first-order valence-electron chi connectivity index (χ1n) is 6.44. The molecule has 2 rings (SSSR count). The normalized spacial score (nSPS) is 10.3. The van der Waals surface area contributed by atoms with Crippen molar-refractivity contribution in [3.05, 3.63) is 40.6 Å². The van der Waals surface area contributed by atoms with E-state index >= 15 is 0 Å². The number of aromatic nitrogens is 2. The van der Waals surface area contributed by atoms with Crippen LogP contribution >= 0.6 is 11.3 Å². The van der Waals surface area contributed by atoms with Crippen molar-refractivity contribution in [2.45, 2.75) is 13.0 Å². The zero-order valence-corrected chi connectivity index (χ0v) is 12.1. The summed E-state index contributed by atoms with van der Waals surface area (Å²) in [6.45, 7) is 1.46. The maximum Gasteiger partial charge on any atom is 0.356 e. The van der Waals surface area contributed by atoms with Crippen LogP contribution in [0.1, 0.15) is 15.4 Å². The van der Waals surface area contributed by atoms with E-state index in [4.69, 9.17) is 5.11 Å². The van der Waals surface area contributed by atoms with Crippen molar-refractivity contribution >= 4 is 23.3 Å². The first-order valence-corrected chi connectivity index (χ1v) is 7.32. The second-order valence-corrected chi connectivity index (χ2v) is 5.35. The minimum Gasteiger partial charge on any atom is -0.476 e. The topological polar surface area (TPSA) is 96.3 Å². The summed E-state index contributed by atoms with van der Waals surface area (Å²) in [5, 5.41) is 16.2. The minimum absolute atomic E-state index is 0.00426. The summed E-state index contributed by atoms with van der Waals surface area (Å²) in [5.41, 5.74) is -0.00426. The fourth-order valence-electron chi connectivity index (χ4n) is 1.71. The lowest BCUT2D eigenvalue weighted by Gasteiger charge is -2.07. The van der Waals surface area contributed by atoms with Crippen LogP contribution in [-0.2, 0) is 13.0 Å². The molecule has 8 heteroatoms. The van der Waals surface area contributed by atoms with E-state index in [0.29, 0.717) is 19.6 Å². The predicted molar refractivity (Wildman–Crippen MR) is 78.6 cm³/mol. The fourth-order valence-corrected chi connectivity index (χ4v) is 2.42. The Morgan fingerprint density at radius 1 is 1.33 bits per heavy atom. The van der Waals surface area contributed by atoms with Crippen LogP contribution in [0.4, 0.5) is 4.79 Å². The van der Waals surface area contributed by atoms with Gasteiger partial charge < -0.3 is 20.3 Å². The Hall–Kier alpha value is -2.35. The standard InChI is InChI=1S/C13H16N4O3S/c18-12(19)11-8-17(9-16-11)6-5-15-13(20)14-4-3-10-2-1-7-21-10/h1-2,7-9H,3-6H2,(H,18,19)(H2,14,15,20). The molecule has 0 fully saturated rings. The van der Waals surface area contributed by atoms with Crippen LogP contribution in [0.15, 0.2) is 30.0 Å². The van der Waals surface area contributed by atoms with E-state index in [-0.39, 0.29) is 11.7 Å². The quantitative estimate of drug-likeness (QED) is 0.715. The third kappa shape index (κ3) is 4.92. The van der Waals surface area contributed by atoms with Gasteiger partial charge in [0.25, 0.3) is 0 Å². The van der Waals surface area contributed by atoms with Crippen LogP contribution in [0.5, 0.6) is 0 Å². The van der Waals surface area contributed by atoms with Crippen LogP contribution in [0.2, 0.25) is 0 Å². The van der Waals surface area contributed by atoms with E-state index in [0.717, 1.165) is 6.42 Å². The average molecular weight is 308 g/mol. The number of imidazole rings is 1. The number of carbonyl (C=O) groups excluding carboxylic acids is 1. The van der Waals surface area contributed by atoms with Crippen LogP contribution < -0.4 is 10.6 Å². The van der Waals surface area contributed by atoms with Gasteiger partial charge in [0.05, 0.1) is 6.33 Å². The molecule has 0 aliphatic rings. The molecule has 2 amide bonds. The fraction of sp³-hybridized carbons (Fsp3) is 0.308. The van der Waals surface area contributed by atoms with Gasteiger partial charge in [0, 0.05) is 30.7 Å². The summed E-state index contributed by atoms with van der Waals surface area (Å²) >= 11 is 1.66. The van der Waals surface area contributed by atoms with Gasteiger partial charge >= 0.3 is 12.0 Å². The van der Waals surface area contributed by atoms with Gasteiger partial charge in [-0.15, -0.1) is 11.3 Å². The zero-order chi connectivity index (χ0) is 15.1. The van der Waals surface area contributed by atoms with Crippen molar-refractivity contribution in [1.82, 2.24) is 20.2 Å². The van der Waals surface area contributed by atoms with E-state index in [9.17, 15) is 9.59 Å². The average Bonchev–Trinajstić information content (AvgIpc) is 3.09. The van der Waals surface area contributed by atoms with Crippen molar-refractivity contribution in [3.63, 3.8) is 0 Å². The summed E-state index contributed by atoms with van der Waals surface area (Å²) in [6.07, 6.45) is 3.67. The molecule has 2 aromatic rings. The Bertz CT molecular complexity index is 594. The highest BCUT2D eigenvalue weighted by Crippen LogP contribution is 2.07. The zero-order valence-electron chi connectivity index (χ0n) is 11.3. The van der Waals surface area contributed by atoms with Crippen LogP contribution in [0, 0.1) is 0 Å². The van der Waals surface area contributed by atoms with Gasteiger partial charge in [0.1, 0.15) is 0 Å². The Kier molecular flexibility index (Phi) is 5.33. The molecule has 0 spiro atoms. The molecule has 0 bridgehead atoms. The smallest absolute Gasteiger partial charge is 0.356 e. The molecule has 0 radical (unpaired) electrons. The molecule has 0 aromatic carbocycles. The second-order valence-electron chi connectivity index (χ2n) is 4.31. The van der Waals surface area contributed by atoms with Crippen LogP contribution in [0.25, 0.3) is 0 Å². The summed E-state index contributed by atoms with van der Waals surface area (Å²) in [6, 6.07) is 3.78. The summed E-state index contributed by atoms with van der Waals surface area (Å²) in [7, 11) is 0. The van der Waals surface area contributed by atoms with Crippen molar-refractivity contribution in [3.8, 4) is 0 Å². The highest BCUT2D eigenvalue weighted by atomic mass is 32.1. The molecule has 0 unspecified atom stereocenters. The van der Waals surface area contributed by atoms with Gasteiger partial charge in [-0.3, -0.25) is 0 Å². The number of thiophene rings is 1. The SMILES string of the molecule is O=C(NCCc1cccs1)NCCn1cnc(C(=O)O)c1. The molecule has 0 aliphatic heterocycles. The highest BCUT2D eigenvalue weighted by Gasteiger charge is 2.06. The molecule has 112 valence electrons. The number of rotatable bonds is 7.